The summed E-state index contributed by atoms with van der Waals surface area (Å²) < 4.78 is 11.1. The molecule has 2 unspecified atom stereocenters. The topological polar surface area (TPSA) is 114 Å². The second kappa shape index (κ2) is 10.1. The quantitative estimate of drug-likeness (QED) is 0.563. The summed E-state index contributed by atoms with van der Waals surface area (Å²) in [5, 5.41) is 14.8. The van der Waals surface area contributed by atoms with Crippen LogP contribution < -0.4 is 10.6 Å². The lowest BCUT2D eigenvalue weighted by molar-refractivity contribution is -0.138. The van der Waals surface area contributed by atoms with Crippen LogP contribution in [0.15, 0.2) is 48.5 Å². The van der Waals surface area contributed by atoms with Gasteiger partial charge in [-0.2, -0.15) is 0 Å². The molecule has 0 spiro atoms. The van der Waals surface area contributed by atoms with Gasteiger partial charge in [0, 0.05) is 18.4 Å². The Morgan fingerprint density at radius 1 is 0.943 bits per heavy atom. The zero-order valence-corrected chi connectivity index (χ0v) is 19.4. The first-order valence-electron chi connectivity index (χ1n) is 12.2. The van der Waals surface area contributed by atoms with E-state index >= 15 is 0 Å². The first-order valence-corrected chi connectivity index (χ1v) is 12.2. The van der Waals surface area contributed by atoms with Gasteiger partial charge in [-0.1, -0.05) is 48.5 Å². The predicted molar refractivity (Wildman–Crippen MR) is 128 cm³/mol. The molecule has 0 bridgehead atoms. The average Bonchev–Trinajstić information content (AvgIpc) is 3.55. The predicted octanol–water partition coefficient (Wildman–Crippen LogP) is 3.30. The molecule has 1 aliphatic heterocycles. The van der Waals surface area contributed by atoms with Crippen LogP contribution in [-0.2, 0) is 19.1 Å². The smallest absolute Gasteiger partial charge is 0.407 e. The molecular weight excluding hydrogens is 448 g/mol. The van der Waals surface area contributed by atoms with E-state index in [1.165, 1.54) is 0 Å². The van der Waals surface area contributed by atoms with Gasteiger partial charge in [0.25, 0.3) is 0 Å². The number of nitrogens with one attached hydrogen (secondary N) is 2. The van der Waals surface area contributed by atoms with Crippen LogP contribution in [0.4, 0.5) is 4.79 Å². The van der Waals surface area contributed by atoms with Crippen LogP contribution in [0.5, 0.6) is 0 Å². The van der Waals surface area contributed by atoms with Gasteiger partial charge in [-0.15, -0.1) is 0 Å². The number of hydrogen-bond donors (Lipinski definition) is 3. The molecule has 35 heavy (non-hydrogen) atoms. The number of amides is 2. The SMILES string of the molecule is O=C(O)C[C@@H]1CC[C@H](NC(=O)C2COCC2NC(=O)OCC2c3ccccc3-c3ccccc32)C1. The van der Waals surface area contributed by atoms with E-state index in [1.807, 2.05) is 24.3 Å². The van der Waals surface area contributed by atoms with Gasteiger partial charge in [0.2, 0.25) is 5.91 Å². The highest BCUT2D eigenvalue weighted by molar-refractivity contribution is 5.81. The molecule has 2 aromatic rings. The molecule has 5 rings (SSSR count). The van der Waals surface area contributed by atoms with Crippen LogP contribution in [0.25, 0.3) is 11.1 Å². The van der Waals surface area contributed by atoms with Gasteiger partial charge in [-0.25, -0.2) is 4.79 Å². The van der Waals surface area contributed by atoms with Gasteiger partial charge >= 0.3 is 12.1 Å². The molecule has 2 fully saturated rings. The number of carboxylic acids is 1. The number of carboxylic acid groups (broad SMARTS) is 1. The van der Waals surface area contributed by atoms with Crippen molar-refractivity contribution < 1.29 is 29.0 Å². The fourth-order valence-electron chi connectivity index (χ4n) is 5.69. The third-order valence-electron chi connectivity index (χ3n) is 7.42. The maximum absolute atomic E-state index is 12.9. The second-order valence-electron chi connectivity index (χ2n) is 9.70. The number of carbonyl (C=O) groups excluding carboxylic acids is 2. The van der Waals surface area contributed by atoms with Crippen molar-refractivity contribution in [3.63, 3.8) is 0 Å². The number of fused-ring (bicyclic) bond motifs is 3. The highest BCUT2D eigenvalue weighted by Gasteiger charge is 2.38. The van der Waals surface area contributed by atoms with Gasteiger partial charge in [0.15, 0.2) is 0 Å². The van der Waals surface area contributed by atoms with Crippen LogP contribution >= 0.6 is 0 Å². The average molecular weight is 479 g/mol. The summed E-state index contributed by atoms with van der Waals surface area (Å²) in [6.07, 6.45) is 1.78. The van der Waals surface area contributed by atoms with Crippen molar-refractivity contribution >= 4 is 18.0 Å². The maximum Gasteiger partial charge on any atom is 0.407 e. The first-order chi connectivity index (χ1) is 17.0. The minimum atomic E-state index is -0.807. The van der Waals surface area contributed by atoms with E-state index in [0.29, 0.717) is 6.42 Å². The summed E-state index contributed by atoms with van der Waals surface area (Å²) in [5.41, 5.74) is 4.60. The summed E-state index contributed by atoms with van der Waals surface area (Å²) in [5.74, 6) is -1.43. The summed E-state index contributed by atoms with van der Waals surface area (Å²) >= 11 is 0. The summed E-state index contributed by atoms with van der Waals surface area (Å²) in [4.78, 5) is 36.5. The third-order valence-corrected chi connectivity index (χ3v) is 7.42. The molecule has 2 aliphatic carbocycles. The molecule has 2 aromatic carbocycles. The summed E-state index contributed by atoms with van der Waals surface area (Å²) in [7, 11) is 0. The molecule has 1 saturated carbocycles. The molecule has 8 heteroatoms. The molecule has 0 radical (unpaired) electrons. The number of carbonyl (C=O) groups is 3. The Kier molecular flexibility index (Phi) is 6.72. The molecule has 3 N–H and O–H groups in total. The van der Waals surface area contributed by atoms with Crippen LogP contribution in [0, 0.1) is 11.8 Å². The van der Waals surface area contributed by atoms with E-state index in [2.05, 4.69) is 34.9 Å². The molecule has 184 valence electrons. The Morgan fingerprint density at radius 2 is 1.63 bits per heavy atom. The molecule has 4 atom stereocenters. The van der Waals surface area contributed by atoms with E-state index in [0.717, 1.165) is 35.1 Å². The monoisotopic (exact) mass is 478 g/mol. The normalized spacial score (nSPS) is 25.0. The fraction of sp³-hybridized carbons (Fsp3) is 0.444. The zero-order chi connectivity index (χ0) is 24.4. The number of rotatable bonds is 7. The Bertz CT molecular complexity index is 1070. The summed E-state index contributed by atoms with van der Waals surface area (Å²) in [6.45, 7) is 0.678. The standard InChI is InChI=1S/C27H30N2O6/c30-25(31)12-16-9-10-17(11-16)28-26(32)23-13-34-15-24(23)29-27(33)35-14-22-20-7-3-1-5-18(20)19-6-2-4-8-21(19)22/h1-8,16-17,22-24H,9-15H2,(H,28,32)(H,29,33)(H,30,31)/t16-,17+,23?,24?/m1/s1. The number of alkyl carbamates (subject to hydrolysis) is 1. The lowest BCUT2D eigenvalue weighted by Gasteiger charge is -2.21. The second-order valence-corrected chi connectivity index (χ2v) is 9.70. The molecule has 1 saturated heterocycles. The van der Waals surface area contributed by atoms with Crippen LogP contribution in [-0.4, -0.2) is 55.0 Å². The van der Waals surface area contributed by atoms with Crippen LogP contribution in [0.1, 0.15) is 42.7 Å². The molecular formula is C27H30N2O6. The Labute approximate surface area is 204 Å². The highest BCUT2D eigenvalue weighted by atomic mass is 16.5. The van der Waals surface area contributed by atoms with E-state index in [-0.39, 0.29) is 50.0 Å². The van der Waals surface area contributed by atoms with Crippen molar-refractivity contribution in [2.75, 3.05) is 19.8 Å². The number of ether oxygens (including phenoxy) is 2. The van der Waals surface area contributed by atoms with Gasteiger partial charge < -0.3 is 25.2 Å². The van der Waals surface area contributed by atoms with E-state index in [9.17, 15) is 14.4 Å². The van der Waals surface area contributed by atoms with E-state index in [1.54, 1.807) is 0 Å². The third kappa shape index (κ3) is 5.03. The Morgan fingerprint density at radius 3 is 2.31 bits per heavy atom. The minimum absolute atomic E-state index is 0.0341. The lowest BCUT2D eigenvalue weighted by atomic mass is 9.98. The molecule has 3 aliphatic rings. The molecule has 2 amide bonds. The number of hydrogen-bond acceptors (Lipinski definition) is 5. The van der Waals surface area contributed by atoms with Gasteiger partial charge in [0.05, 0.1) is 25.2 Å². The fourth-order valence-corrected chi connectivity index (χ4v) is 5.69. The molecule has 0 aromatic heterocycles. The van der Waals surface area contributed by atoms with Gasteiger partial charge in [-0.05, 0) is 47.4 Å². The van der Waals surface area contributed by atoms with Crippen molar-refractivity contribution in [3.8, 4) is 11.1 Å². The lowest BCUT2D eigenvalue weighted by Crippen LogP contribution is -2.48. The maximum atomic E-state index is 12.9. The van der Waals surface area contributed by atoms with Crippen molar-refractivity contribution in [1.82, 2.24) is 10.6 Å². The highest BCUT2D eigenvalue weighted by Crippen LogP contribution is 2.44. The largest absolute Gasteiger partial charge is 0.481 e. The number of benzene rings is 2. The van der Waals surface area contributed by atoms with E-state index < -0.39 is 24.0 Å². The van der Waals surface area contributed by atoms with Gasteiger partial charge in [0.1, 0.15) is 6.61 Å². The van der Waals surface area contributed by atoms with Crippen molar-refractivity contribution in [2.45, 2.75) is 43.7 Å². The van der Waals surface area contributed by atoms with Crippen molar-refractivity contribution in [3.05, 3.63) is 59.7 Å². The first kappa shape index (κ1) is 23.4. The summed E-state index contributed by atoms with van der Waals surface area (Å²) in [6, 6.07) is 15.8. The minimum Gasteiger partial charge on any atom is -0.481 e. The Hall–Kier alpha value is -3.39. The van der Waals surface area contributed by atoms with E-state index in [4.69, 9.17) is 14.6 Å². The van der Waals surface area contributed by atoms with Crippen LogP contribution in [0.3, 0.4) is 0 Å². The Balaban J connectivity index is 1.15. The van der Waals surface area contributed by atoms with Crippen molar-refractivity contribution in [2.24, 2.45) is 11.8 Å². The van der Waals surface area contributed by atoms with Crippen molar-refractivity contribution in [1.29, 1.82) is 0 Å². The van der Waals surface area contributed by atoms with Crippen LogP contribution in [0.2, 0.25) is 0 Å². The molecule has 1 heterocycles. The number of aliphatic carboxylic acids is 1. The molecule has 8 nitrogen and oxygen atoms in total. The zero-order valence-electron chi connectivity index (χ0n) is 19.4. The van der Waals surface area contributed by atoms with Gasteiger partial charge in [-0.3, -0.25) is 9.59 Å².